The van der Waals surface area contributed by atoms with Crippen LogP contribution in [0.5, 0.6) is 5.75 Å². The van der Waals surface area contributed by atoms with Gasteiger partial charge in [-0.25, -0.2) is 4.39 Å². The van der Waals surface area contributed by atoms with Crippen LogP contribution in [0.2, 0.25) is 0 Å². The summed E-state index contributed by atoms with van der Waals surface area (Å²) in [5.41, 5.74) is 6.04. The third kappa shape index (κ3) is 4.00. The van der Waals surface area contributed by atoms with Crippen molar-refractivity contribution in [1.82, 2.24) is 0 Å². The summed E-state index contributed by atoms with van der Waals surface area (Å²) in [7, 11) is 0. The lowest BCUT2D eigenvalue weighted by Gasteiger charge is -2.12. The van der Waals surface area contributed by atoms with E-state index >= 15 is 0 Å². The Kier molecular flexibility index (Phi) is 5.58. The van der Waals surface area contributed by atoms with Crippen molar-refractivity contribution >= 4 is 11.6 Å². The fourth-order valence-corrected chi connectivity index (χ4v) is 1.53. The molecule has 0 bridgehead atoms. The molecule has 3 N–H and O–H groups in total. The zero-order valence-corrected chi connectivity index (χ0v) is 10.7. The van der Waals surface area contributed by atoms with Gasteiger partial charge in [0.25, 0.3) is 0 Å². The van der Waals surface area contributed by atoms with E-state index in [1.165, 1.54) is 12.1 Å². The molecule has 100 valence electrons. The van der Waals surface area contributed by atoms with Crippen LogP contribution in [-0.4, -0.2) is 18.6 Å². The van der Waals surface area contributed by atoms with Crippen LogP contribution in [-0.2, 0) is 4.79 Å². The SMILES string of the molecule is CCCC(N)C(=O)Nc1ccc(OCC)c(F)c1. The second-order valence-corrected chi connectivity index (χ2v) is 3.96. The second kappa shape index (κ2) is 6.96. The number of amides is 1. The first kappa shape index (κ1) is 14.4. The molecule has 18 heavy (non-hydrogen) atoms. The Morgan fingerprint density at radius 3 is 2.78 bits per heavy atom. The highest BCUT2D eigenvalue weighted by molar-refractivity contribution is 5.94. The van der Waals surface area contributed by atoms with Gasteiger partial charge < -0.3 is 15.8 Å². The van der Waals surface area contributed by atoms with Crippen molar-refractivity contribution < 1.29 is 13.9 Å². The molecule has 1 unspecified atom stereocenters. The van der Waals surface area contributed by atoms with Gasteiger partial charge in [0, 0.05) is 11.8 Å². The topological polar surface area (TPSA) is 64.4 Å². The molecular formula is C13H19FN2O2. The lowest BCUT2D eigenvalue weighted by molar-refractivity contribution is -0.117. The molecule has 0 spiro atoms. The van der Waals surface area contributed by atoms with E-state index in [1.54, 1.807) is 13.0 Å². The van der Waals surface area contributed by atoms with Crippen LogP contribution in [0.3, 0.4) is 0 Å². The lowest BCUT2D eigenvalue weighted by atomic mass is 10.1. The van der Waals surface area contributed by atoms with Crippen LogP contribution in [0, 0.1) is 5.82 Å². The maximum absolute atomic E-state index is 13.5. The number of nitrogens with two attached hydrogens (primary N) is 1. The zero-order valence-electron chi connectivity index (χ0n) is 10.7. The van der Waals surface area contributed by atoms with E-state index in [2.05, 4.69) is 5.32 Å². The molecular weight excluding hydrogens is 235 g/mol. The lowest BCUT2D eigenvalue weighted by Crippen LogP contribution is -2.35. The van der Waals surface area contributed by atoms with E-state index in [1.807, 2.05) is 6.92 Å². The van der Waals surface area contributed by atoms with Gasteiger partial charge >= 0.3 is 0 Å². The molecule has 0 saturated heterocycles. The number of anilines is 1. The molecule has 5 heteroatoms. The fraction of sp³-hybridized carbons (Fsp3) is 0.462. The third-order valence-corrected chi connectivity index (χ3v) is 2.44. The van der Waals surface area contributed by atoms with Crippen molar-refractivity contribution in [1.29, 1.82) is 0 Å². The smallest absolute Gasteiger partial charge is 0.241 e. The van der Waals surface area contributed by atoms with E-state index in [0.717, 1.165) is 6.42 Å². The van der Waals surface area contributed by atoms with Crippen LogP contribution < -0.4 is 15.8 Å². The van der Waals surface area contributed by atoms with Gasteiger partial charge in [0.1, 0.15) is 0 Å². The van der Waals surface area contributed by atoms with Gasteiger partial charge in [-0.1, -0.05) is 13.3 Å². The summed E-state index contributed by atoms with van der Waals surface area (Å²) in [4.78, 5) is 11.6. The summed E-state index contributed by atoms with van der Waals surface area (Å²) in [6, 6.07) is 3.73. The number of carbonyl (C=O) groups excluding carboxylic acids is 1. The average Bonchev–Trinajstić information content (AvgIpc) is 2.33. The van der Waals surface area contributed by atoms with Crippen molar-refractivity contribution in [3.8, 4) is 5.75 Å². The fourth-order valence-electron chi connectivity index (χ4n) is 1.53. The number of nitrogens with one attached hydrogen (secondary N) is 1. The van der Waals surface area contributed by atoms with E-state index in [9.17, 15) is 9.18 Å². The molecule has 0 radical (unpaired) electrons. The van der Waals surface area contributed by atoms with Gasteiger partial charge in [-0.2, -0.15) is 0 Å². The second-order valence-electron chi connectivity index (χ2n) is 3.96. The number of halogens is 1. The molecule has 0 saturated carbocycles. The van der Waals surface area contributed by atoms with Crippen molar-refractivity contribution in [3.05, 3.63) is 24.0 Å². The molecule has 0 fully saturated rings. The Bertz CT molecular complexity index is 410. The predicted octanol–water partition coefficient (Wildman–Crippen LogP) is 2.29. The first-order valence-corrected chi connectivity index (χ1v) is 6.07. The van der Waals surface area contributed by atoms with Gasteiger partial charge in [0.05, 0.1) is 12.6 Å². The first-order valence-electron chi connectivity index (χ1n) is 6.07. The summed E-state index contributed by atoms with van der Waals surface area (Å²) >= 11 is 0. The van der Waals surface area contributed by atoms with Crippen molar-refractivity contribution in [3.63, 3.8) is 0 Å². The van der Waals surface area contributed by atoms with Crippen LogP contribution in [0.15, 0.2) is 18.2 Å². The first-order chi connectivity index (χ1) is 8.58. The minimum Gasteiger partial charge on any atom is -0.491 e. The number of rotatable bonds is 6. The molecule has 0 heterocycles. The van der Waals surface area contributed by atoms with Gasteiger partial charge in [0.2, 0.25) is 5.91 Å². The van der Waals surface area contributed by atoms with Crippen molar-refractivity contribution in [2.45, 2.75) is 32.7 Å². The minimum atomic E-state index is -0.565. The largest absolute Gasteiger partial charge is 0.491 e. The number of hydrogen-bond donors (Lipinski definition) is 2. The molecule has 1 aromatic carbocycles. The number of ether oxygens (including phenoxy) is 1. The minimum absolute atomic E-state index is 0.174. The molecule has 1 rings (SSSR count). The maximum Gasteiger partial charge on any atom is 0.241 e. The highest BCUT2D eigenvalue weighted by Gasteiger charge is 2.13. The van der Waals surface area contributed by atoms with E-state index < -0.39 is 11.9 Å². The number of carbonyl (C=O) groups is 1. The van der Waals surface area contributed by atoms with Crippen LogP contribution in [0.4, 0.5) is 10.1 Å². The summed E-state index contributed by atoms with van der Waals surface area (Å²) < 4.78 is 18.6. The van der Waals surface area contributed by atoms with E-state index in [4.69, 9.17) is 10.5 Å². The van der Waals surface area contributed by atoms with Crippen LogP contribution in [0.1, 0.15) is 26.7 Å². The number of benzene rings is 1. The number of hydrogen-bond acceptors (Lipinski definition) is 3. The van der Waals surface area contributed by atoms with Crippen molar-refractivity contribution in [2.75, 3.05) is 11.9 Å². The van der Waals surface area contributed by atoms with Gasteiger partial charge in [-0.05, 0) is 25.5 Å². The Labute approximate surface area is 106 Å². The van der Waals surface area contributed by atoms with Gasteiger partial charge in [0.15, 0.2) is 11.6 Å². The third-order valence-electron chi connectivity index (χ3n) is 2.44. The van der Waals surface area contributed by atoms with Gasteiger partial charge in [-0.3, -0.25) is 4.79 Å². The molecule has 1 amide bonds. The zero-order chi connectivity index (χ0) is 13.5. The monoisotopic (exact) mass is 254 g/mol. The standard InChI is InChI=1S/C13H19FN2O2/c1-3-5-11(15)13(17)16-9-6-7-12(18-4-2)10(14)8-9/h6-8,11H,3-5,15H2,1-2H3,(H,16,17). The molecule has 0 aromatic heterocycles. The summed E-state index contributed by atoms with van der Waals surface area (Å²) in [6.07, 6.45) is 1.43. The summed E-state index contributed by atoms with van der Waals surface area (Å²) in [6.45, 7) is 4.12. The highest BCUT2D eigenvalue weighted by Crippen LogP contribution is 2.21. The summed E-state index contributed by atoms with van der Waals surface area (Å²) in [5.74, 6) is -0.632. The van der Waals surface area contributed by atoms with Crippen molar-refractivity contribution in [2.24, 2.45) is 5.73 Å². The molecule has 0 aliphatic heterocycles. The summed E-state index contributed by atoms with van der Waals surface area (Å²) in [5, 5.41) is 2.58. The maximum atomic E-state index is 13.5. The molecule has 0 aliphatic carbocycles. The van der Waals surface area contributed by atoms with E-state index in [0.29, 0.717) is 18.7 Å². The van der Waals surface area contributed by atoms with Gasteiger partial charge in [-0.15, -0.1) is 0 Å². The quantitative estimate of drug-likeness (QED) is 0.818. The molecule has 1 atom stereocenters. The Morgan fingerprint density at radius 1 is 1.50 bits per heavy atom. The van der Waals surface area contributed by atoms with Crippen LogP contribution in [0.25, 0.3) is 0 Å². The predicted molar refractivity (Wildman–Crippen MR) is 69.1 cm³/mol. The average molecular weight is 254 g/mol. The Hall–Kier alpha value is -1.62. The molecule has 1 aromatic rings. The molecule has 4 nitrogen and oxygen atoms in total. The highest BCUT2D eigenvalue weighted by atomic mass is 19.1. The van der Waals surface area contributed by atoms with E-state index in [-0.39, 0.29) is 11.7 Å². The Morgan fingerprint density at radius 2 is 2.22 bits per heavy atom. The Balaban J connectivity index is 2.68. The molecule has 0 aliphatic rings. The van der Waals surface area contributed by atoms with Crippen LogP contribution >= 0.6 is 0 Å². The normalized spacial score (nSPS) is 12.0.